The maximum atomic E-state index is 6.34. The third-order valence-corrected chi connectivity index (χ3v) is 4.66. The van der Waals surface area contributed by atoms with Crippen LogP contribution >= 0.6 is 27.5 Å². The predicted molar refractivity (Wildman–Crippen MR) is 83.8 cm³/mol. The van der Waals surface area contributed by atoms with Crippen LogP contribution in [-0.2, 0) is 0 Å². The Kier molecular flexibility index (Phi) is 3.86. The average Bonchev–Trinajstić information content (AvgIpc) is 2.78. The number of benzene rings is 1. The van der Waals surface area contributed by atoms with Crippen molar-refractivity contribution < 1.29 is 0 Å². The lowest BCUT2D eigenvalue weighted by atomic mass is 9.95. The lowest BCUT2D eigenvalue weighted by molar-refractivity contribution is 0.352. The van der Waals surface area contributed by atoms with Crippen molar-refractivity contribution >= 4 is 38.6 Å². The molecule has 1 unspecified atom stereocenters. The normalized spacial score (nSPS) is 18.9. The zero-order valence-corrected chi connectivity index (χ0v) is 13.4. The molecule has 0 saturated heterocycles. The fraction of sp³-hybridized carbons (Fsp3) is 0.533. The topological polar surface area (TPSA) is 17.8 Å². The van der Waals surface area contributed by atoms with Crippen LogP contribution in [0, 0.1) is 0 Å². The largest absolute Gasteiger partial charge is 0.324 e. The number of hydrogen-bond acceptors (Lipinski definition) is 1. The molecule has 1 aromatic carbocycles. The summed E-state index contributed by atoms with van der Waals surface area (Å²) in [5, 5.41) is -0.0481. The van der Waals surface area contributed by atoms with Gasteiger partial charge in [-0.1, -0.05) is 35.2 Å². The maximum absolute atomic E-state index is 6.34. The van der Waals surface area contributed by atoms with Gasteiger partial charge in [0.1, 0.15) is 5.82 Å². The van der Waals surface area contributed by atoms with Crippen molar-refractivity contribution in [3.63, 3.8) is 0 Å². The third-order valence-electron chi connectivity index (χ3n) is 3.97. The standard InChI is InChI=1S/C15H18BrClN2/c1-10(17)15-18-13-8-7-11(16)9-14(13)19(15)12-5-3-2-4-6-12/h7-10,12H,2-6H2,1H3. The Morgan fingerprint density at radius 2 is 2.05 bits per heavy atom. The Hall–Kier alpha value is -0.540. The Morgan fingerprint density at radius 1 is 1.32 bits per heavy atom. The SMILES string of the molecule is CC(Cl)c1nc2ccc(Br)cc2n1C1CCCCC1. The summed E-state index contributed by atoms with van der Waals surface area (Å²) in [5.74, 6) is 1.02. The molecule has 0 bridgehead atoms. The zero-order chi connectivity index (χ0) is 13.4. The molecule has 1 aliphatic carbocycles. The molecule has 1 saturated carbocycles. The summed E-state index contributed by atoms with van der Waals surface area (Å²) in [4.78, 5) is 4.74. The molecule has 1 atom stereocenters. The van der Waals surface area contributed by atoms with Gasteiger partial charge in [-0.25, -0.2) is 4.98 Å². The first-order valence-corrected chi connectivity index (χ1v) is 8.21. The zero-order valence-electron chi connectivity index (χ0n) is 11.1. The number of hydrogen-bond donors (Lipinski definition) is 0. The molecule has 4 heteroatoms. The second kappa shape index (κ2) is 5.45. The number of fused-ring (bicyclic) bond motifs is 1. The van der Waals surface area contributed by atoms with E-state index in [0.717, 1.165) is 15.8 Å². The molecule has 0 spiro atoms. The van der Waals surface area contributed by atoms with Gasteiger partial charge < -0.3 is 4.57 Å². The summed E-state index contributed by atoms with van der Waals surface area (Å²) in [7, 11) is 0. The minimum Gasteiger partial charge on any atom is -0.324 e. The predicted octanol–water partition coefficient (Wildman–Crippen LogP) is 5.60. The third kappa shape index (κ3) is 2.55. The van der Waals surface area contributed by atoms with Crippen LogP contribution in [-0.4, -0.2) is 9.55 Å². The van der Waals surface area contributed by atoms with Gasteiger partial charge in [0.2, 0.25) is 0 Å². The van der Waals surface area contributed by atoms with Crippen LogP contribution in [0.25, 0.3) is 11.0 Å². The molecule has 1 fully saturated rings. The van der Waals surface area contributed by atoms with Gasteiger partial charge in [-0.15, -0.1) is 11.6 Å². The monoisotopic (exact) mass is 340 g/mol. The molecule has 3 rings (SSSR count). The number of nitrogens with zero attached hydrogens (tertiary/aromatic N) is 2. The fourth-order valence-corrected chi connectivity index (χ4v) is 3.59. The van der Waals surface area contributed by atoms with E-state index in [0.29, 0.717) is 6.04 Å². The molecule has 19 heavy (non-hydrogen) atoms. The van der Waals surface area contributed by atoms with Gasteiger partial charge in [0.15, 0.2) is 0 Å². The fourth-order valence-electron chi connectivity index (χ4n) is 3.09. The van der Waals surface area contributed by atoms with E-state index in [-0.39, 0.29) is 5.38 Å². The summed E-state index contributed by atoms with van der Waals surface area (Å²) in [5.41, 5.74) is 2.26. The molecule has 2 nitrogen and oxygen atoms in total. The van der Waals surface area contributed by atoms with E-state index < -0.39 is 0 Å². The minimum atomic E-state index is -0.0481. The van der Waals surface area contributed by atoms with Crippen molar-refractivity contribution in [1.82, 2.24) is 9.55 Å². The quantitative estimate of drug-likeness (QED) is 0.650. The van der Waals surface area contributed by atoms with Gasteiger partial charge in [-0.05, 0) is 38.0 Å². The van der Waals surface area contributed by atoms with Crippen LogP contribution in [0.3, 0.4) is 0 Å². The van der Waals surface area contributed by atoms with Crippen molar-refractivity contribution in [1.29, 1.82) is 0 Å². The van der Waals surface area contributed by atoms with Crippen LogP contribution in [0.4, 0.5) is 0 Å². The minimum absolute atomic E-state index is 0.0481. The van der Waals surface area contributed by atoms with Crippen molar-refractivity contribution in [2.24, 2.45) is 0 Å². The molecule has 0 N–H and O–H groups in total. The van der Waals surface area contributed by atoms with Crippen LogP contribution in [0.5, 0.6) is 0 Å². The van der Waals surface area contributed by atoms with Crippen LogP contribution in [0.2, 0.25) is 0 Å². The molecular weight excluding hydrogens is 324 g/mol. The lowest BCUT2D eigenvalue weighted by Crippen LogP contribution is -2.15. The Morgan fingerprint density at radius 3 is 2.74 bits per heavy atom. The van der Waals surface area contributed by atoms with Crippen molar-refractivity contribution in [3.05, 3.63) is 28.5 Å². The van der Waals surface area contributed by atoms with Crippen LogP contribution < -0.4 is 0 Å². The maximum Gasteiger partial charge on any atom is 0.127 e. The van der Waals surface area contributed by atoms with Crippen LogP contribution in [0.1, 0.15) is 56.3 Å². The lowest BCUT2D eigenvalue weighted by Gasteiger charge is -2.26. The number of imidazole rings is 1. The molecular formula is C15H18BrClN2. The first-order valence-electron chi connectivity index (χ1n) is 6.98. The number of rotatable bonds is 2. The van der Waals surface area contributed by atoms with Gasteiger partial charge in [-0.3, -0.25) is 0 Å². The van der Waals surface area contributed by atoms with E-state index in [1.165, 1.54) is 37.6 Å². The number of halogens is 2. The van der Waals surface area contributed by atoms with E-state index in [1.807, 2.05) is 13.0 Å². The highest BCUT2D eigenvalue weighted by Crippen LogP contribution is 2.36. The second-order valence-electron chi connectivity index (χ2n) is 5.38. The van der Waals surface area contributed by atoms with E-state index in [4.69, 9.17) is 16.6 Å². The molecule has 0 radical (unpaired) electrons. The Labute approximate surface area is 127 Å². The van der Waals surface area contributed by atoms with Crippen molar-refractivity contribution in [2.75, 3.05) is 0 Å². The van der Waals surface area contributed by atoms with Gasteiger partial charge in [-0.2, -0.15) is 0 Å². The highest BCUT2D eigenvalue weighted by atomic mass is 79.9. The van der Waals surface area contributed by atoms with Crippen molar-refractivity contribution in [3.8, 4) is 0 Å². The number of alkyl halides is 1. The highest BCUT2D eigenvalue weighted by molar-refractivity contribution is 9.10. The molecule has 1 heterocycles. The first-order chi connectivity index (χ1) is 9.16. The Bertz CT molecular complexity index is 585. The first kappa shape index (κ1) is 13.4. The molecule has 0 amide bonds. The highest BCUT2D eigenvalue weighted by Gasteiger charge is 2.23. The summed E-state index contributed by atoms with van der Waals surface area (Å²) >= 11 is 9.91. The number of aromatic nitrogens is 2. The van der Waals surface area contributed by atoms with E-state index in [9.17, 15) is 0 Å². The second-order valence-corrected chi connectivity index (χ2v) is 6.95. The molecule has 0 aliphatic heterocycles. The molecule has 1 aromatic heterocycles. The molecule has 1 aliphatic rings. The van der Waals surface area contributed by atoms with E-state index in [1.54, 1.807) is 0 Å². The summed E-state index contributed by atoms with van der Waals surface area (Å²) in [6.07, 6.45) is 6.48. The summed E-state index contributed by atoms with van der Waals surface area (Å²) in [6, 6.07) is 6.84. The summed E-state index contributed by atoms with van der Waals surface area (Å²) < 4.78 is 3.49. The van der Waals surface area contributed by atoms with Gasteiger partial charge in [0.05, 0.1) is 16.4 Å². The van der Waals surface area contributed by atoms with Gasteiger partial charge in [0, 0.05) is 10.5 Å². The average molecular weight is 342 g/mol. The van der Waals surface area contributed by atoms with E-state index >= 15 is 0 Å². The Balaban J connectivity index is 2.17. The van der Waals surface area contributed by atoms with Gasteiger partial charge in [0.25, 0.3) is 0 Å². The molecule has 2 aromatic rings. The van der Waals surface area contributed by atoms with Crippen LogP contribution in [0.15, 0.2) is 22.7 Å². The van der Waals surface area contributed by atoms with Gasteiger partial charge >= 0.3 is 0 Å². The summed E-state index contributed by atoms with van der Waals surface area (Å²) in [6.45, 7) is 2.01. The van der Waals surface area contributed by atoms with E-state index in [2.05, 4.69) is 32.6 Å². The van der Waals surface area contributed by atoms with Crippen molar-refractivity contribution in [2.45, 2.75) is 50.4 Å². The molecule has 102 valence electrons. The smallest absolute Gasteiger partial charge is 0.127 e.